The zero-order chi connectivity index (χ0) is 13.0. The Morgan fingerprint density at radius 1 is 1.22 bits per heavy atom. The molecule has 3 heteroatoms. The average Bonchev–Trinajstić information content (AvgIpc) is 2.91. The monoisotopic (exact) mass is 252 g/mol. The predicted octanol–water partition coefficient (Wildman–Crippen LogP) is 3.64. The molecule has 1 atom stereocenters. The van der Waals surface area contributed by atoms with E-state index in [0.29, 0.717) is 12.0 Å². The van der Waals surface area contributed by atoms with Crippen LogP contribution in [-0.4, -0.2) is 0 Å². The average molecular weight is 252 g/mol. The van der Waals surface area contributed by atoms with Gasteiger partial charge in [-0.3, -0.25) is 0 Å². The molecule has 0 radical (unpaired) electrons. The molecular weight excluding hydrogens is 240 g/mol. The summed E-state index contributed by atoms with van der Waals surface area (Å²) in [7, 11) is 0. The Kier molecular flexibility index (Phi) is 3.46. The maximum atomic E-state index is 9.47. The minimum Gasteiger partial charge on any atom is -0.197 e. The topological polar surface area (TPSA) is 47.6 Å². The van der Waals surface area contributed by atoms with E-state index in [-0.39, 0.29) is 0 Å². The van der Waals surface area contributed by atoms with Gasteiger partial charge in [0.05, 0.1) is 23.1 Å². The molecule has 0 saturated heterocycles. The fraction of sp³-hybridized carbons (Fsp3) is 0.200. The molecule has 2 nitrogen and oxygen atoms in total. The van der Waals surface area contributed by atoms with Gasteiger partial charge in [0, 0.05) is 11.3 Å². The Morgan fingerprint density at radius 3 is 2.67 bits per heavy atom. The molecule has 0 bridgehead atoms. The van der Waals surface area contributed by atoms with Crippen LogP contribution in [0.4, 0.5) is 0 Å². The summed E-state index contributed by atoms with van der Waals surface area (Å²) in [5.74, 6) is 0. The molecular formula is C15H12N2S. The van der Waals surface area contributed by atoms with Crippen LogP contribution in [0.3, 0.4) is 0 Å². The largest absolute Gasteiger partial charge is 0.197 e. The molecule has 88 valence electrons. The Balaban J connectivity index is 2.38. The van der Waals surface area contributed by atoms with Crippen LogP contribution in [0, 0.1) is 22.7 Å². The van der Waals surface area contributed by atoms with Crippen LogP contribution in [0.15, 0.2) is 41.8 Å². The maximum absolute atomic E-state index is 9.47. The molecule has 0 fully saturated rings. The SMILES string of the molecule is CC(C#N)(Cc1cccs1)c1cccc(C#N)c1. The van der Waals surface area contributed by atoms with E-state index in [0.717, 1.165) is 5.56 Å². The third-order valence-electron chi connectivity index (χ3n) is 2.98. The summed E-state index contributed by atoms with van der Waals surface area (Å²) in [6, 6.07) is 15.8. The Labute approximate surface area is 111 Å². The van der Waals surface area contributed by atoms with Gasteiger partial charge in [-0.05, 0) is 36.1 Å². The van der Waals surface area contributed by atoms with E-state index in [1.807, 2.05) is 36.6 Å². The number of nitrogens with zero attached hydrogens (tertiary/aromatic N) is 2. The highest BCUT2D eigenvalue weighted by molar-refractivity contribution is 7.09. The summed E-state index contributed by atoms with van der Waals surface area (Å²) in [5.41, 5.74) is 0.912. The van der Waals surface area contributed by atoms with Gasteiger partial charge in [0.15, 0.2) is 0 Å². The maximum Gasteiger partial charge on any atom is 0.0991 e. The van der Waals surface area contributed by atoms with Gasteiger partial charge in [0.1, 0.15) is 0 Å². The van der Waals surface area contributed by atoms with Crippen LogP contribution in [0.25, 0.3) is 0 Å². The fourth-order valence-electron chi connectivity index (χ4n) is 1.90. The summed E-state index contributed by atoms with van der Waals surface area (Å²) in [4.78, 5) is 1.18. The first kappa shape index (κ1) is 12.4. The normalized spacial score (nSPS) is 13.3. The van der Waals surface area contributed by atoms with Crippen LogP contribution in [0.1, 0.15) is 22.9 Å². The van der Waals surface area contributed by atoms with E-state index in [1.54, 1.807) is 23.5 Å². The van der Waals surface area contributed by atoms with E-state index in [4.69, 9.17) is 5.26 Å². The minimum atomic E-state index is -0.586. The number of hydrogen-bond donors (Lipinski definition) is 0. The molecule has 1 heterocycles. The second-order valence-corrected chi connectivity index (χ2v) is 5.42. The molecule has 1 aromatic heterocycles. The van der Waals surface area contributed by atoms with Crippen LogP contribution < -0.4 is 0 Å². The second kappa shape index (κ2) is 5.04. The van der Waals surface area contributed by atoms with Crippen LogP contribution in [0.2, 0.25) is 0 Å². The molecule has 0 spiro atoms. The van der Waals surface area contributed by atoms with Crippen LogP contribution in [-0.2, 0) is 11.8 Å². The summed E-state index contributed by atoms with van der Waals surface area (Å²) in [5, 5.41) is 20.4. The molecule has 0 aliphatic heterocycles. The Bertz CT molecular complexity index is 617. The van der Waals surface area contributed by atoms with Crippen molar-refractivity contribution >= 4 is 11.3 Å². The van der Waals surface area contributed by atoms with Gasteiger partial charge in [-0.25, -0.2) is 0 Å². The first-order valence-electron chi connectivity index (χ1n) is 5.62. The van der Waals surface area contributed by atoms with Crippen molar-refractivity contribution < 1.29 is 0 Å². The highest BCUT2D eigenvalue weighted by Gasteiger charge is 2.27. The first-order valence-corrected chi connectivity index (χ1v) is 6.50. The van der Waals surface area contributed by atoms with Gasteiger partial charge in [0.25, 0.3) is 0 Å². The van der Waals surface area contributed by atoms with Crippen molar-refractivity contribution in [3.05, 3.63) is 57.8 Å². The third-order valence-corrected chi connectivity index (χ3v) is 3.86. The molecule has 1 unspecified atom stereocenters. The van der Waals surface area contributed by atoms with E-state index in [2.05, 4.69) is 12.1 Å². The summed E-state index contributed by atoms with van der Waals surface area (Å²) < 4.78 is 0. The fourth-order valence-corrected chi connectivity index (χ4v) is 2.76. The number of nitriles is 2. The van der Waals surface area contributed by atoms with Crippen molar-refractivity contribution in [1.29, 1.82) is 10.5 Å². The molecule has 0 saturated carbocycles. The van der Waals surface area contributed by atoms with Crippen LogP contribution in [0.5, 0.6) is 0 Å². The zero-order valence-corrected chi connectivity index (χ0v) is 10.9. The van der Waals surface area contributed by atoms with E-state index >= 15 is 0 Å². The number of rotatable bonds is 3. The van der Waals surface area contributed by atoms with Crippen molar-refractivity contribution in [2.75, 3.05) is 0 Å². The predicted molar refractivity (Wildman–Crippen MR) is 72.1 cm³/mol. The second-order valence-electron chi connectivity index (χ2n) is 4.39. The summed E-state index contributed by atoms with van der Waals surface area (Å²) in [6.45, 7) is 1.92. The molecule has 1 aromatic carbocycles. The lowest BCUT2D eigenvalue weighted by molar-refractivity contribution is 0.612. The molecule has 0 aliphatic carbocycles. The lowest BCUT2D eigenvalue weighted by Crippen LogP contribution is -2.22. The number of hydrogen-bond acceptors (Lipinski definition) is 3. The van der Waals surface area contributed by atoms with Crippen LogP contribution >= 0.6 is 11.3 Å². The molecule has 2 rings (SSSR count). The van der Waals surface area contributed by atoms with Gasteiger partial charge >= 0.3 is 0 Å². The van der Waals surface area contributed by atoms with Crippen molar-refractivity contribution in [3.63, 3.8) is 0 Å². The quantitative estimate of drug-likeness (QED) is 0.837. The summed E-state index contributed by atoms with van der Waals surface area (Å²) in [6.07, 6.45) is 0.677. The van der Waals surface area contributed by atoms with Crippen molar-refractivity contribution in [3.8, 4) is 12.1 Å². The van der Waals surface area contributed by atoms with Crippen molar-refractivity contribution in [2.24, 2.45) is 0 Å². The highest BCUT2D eigenvalue weighted by atomic mass is 32.1. The molecule has 2 aromatic rings. The molecule has 0 amide bonds. The third kappa shape index (κ3) is 2.42. The lowest BCUT2D eigenvalue weighted by atomic mass is 9.80. The smallest absolute Gasteiger partial charge is 0.0991 e. The number of benzene rings is 1. The van der Waals surface area contributed by atoms with Gasteiger partial charge in [-0.15, -0.1) is 11.3 Å². The van der Waals surface area contributed by atoms with Crippen molar-refractivity contribution in [1.82, 2.24) is 0 Å². The van der Waals surface area contributed by atoms with Gasteiger partial charge in [-0.2, -0.15) is 10.5 Å². The van der Waals surface area contributed by atoms with Gasteiger partial charge in [-0.1, -0.05) is 18.2 Å². The van der Waals surface area contributed by atoms with E-state index in [9.17, 15) is 5.26 Å². The first-order chi connectivity index (χ1) is 8.68. The minimum absolute atomic E-state index is 0.586. The number of thiophene rings is 1. The molecule has 18 heavy (non-hydrogen) atoms. The molecule has 0 aliphatic rings. The van der Waals surface area contributed by atoms with Crippen molar-refractivity contribution in [2.45, 2.75) is 18.8 Å². The van der Waals surface area contributed by atoms with E-state index < -0.39 is 5.41 Å². The summed E-state index contributed by atoms with van der Waals surface area (Å²) >= 11 is 1.65. The van der Waals surface area contributed by atoms with E-state index in [1.165, 1.54) is 4.88 Å². The zero-order valence-electron chi connectivity index (χ0n) is 10.1. The lowest BCUT2D eigenvalue weighted by Gasteiger charge is -2.21. The Hall–Kier alpha value is -2.10. The van der Waals surface area contributed by atoms with Gasteiger partial charge in [0.2, 0.25) is 0 Å². The Morgan fingerprint density at radius 2 is 2.06 bits per heavy atom. The van der Waals surface area contributed by atoms with Gasteiger partial charge < -0.3 is 0 Å². The standard InChI is InChI=1S/C15H12N2S/c1-15(11-17,9-14-6-3-7-18-14)13-5-2-4-12(8-13)10-16/h2-8H,9H2,1H3. The highest BCUT2D eigenvalue weighted by Crippen LogP contribution is 2.29. The molecule has 0 N–H and O–H groups in total.